The third-order valence-electron chi connectivity index (χ3n) is 7.40. The summed E-state index contributed by atoms with van der Waals surface area (Å²) in [5, 5.41) is 48.5. The molecule has 0 bridgehead atoms. The van der Waals surface area contributed by atoms with Gasteiger partial charge in [-0.3, -0.25) is 19.3 Å². The smallest absolute Gasteiger partial charge is 0.255 e. The van der Waals surface area contributed by atoms with E-state index in [-0.39, 0.29) is 35.8 Å². The molecule has 198 valence electrons. The minimum absolute atomic E-state index is 0.0134. The van der Waals surface area contributed by atoms with Gasteiger partial charge in [0.25, 0.3) is 5.91 Å². The molecule has 0 radical (unpaired) electrons. The van der Waals surface area contributed by atoms with Crippen LogP contribution in [0, 0.1) is 11.8 Å². The number of amides is 1. The molecule has 0 aromatic heterocycles. The fraction of sp³-hybridized carbons (Fsp3) is 0.462. The van der Waals surface area contributed by atoms with Crippen LogP contribution in [0.15, 0.2) is 40.0 Å². The fourth-order valence-electron chi connectivity index (χ4n) is 5.82. The lowest BCUT2D eigenvalue weighted by atomic mass is 9.58. The Hall–Kier alpha value is -3.70. The molecule has 6 N–H and O–H groups in total. The van der Waals surface area contributed by atoms with Gasteiger partial charge in [-0.05, 0) is 71.3 Å². The van der Waals surface area contributed by atoms with Crippen LogP contribution in [0.2, 0.25) is 0 Å². The molecule has 1 aromatic carbocycles. The van der Waals surface area contributed by atoms with E-state index < -0.39 is 58.0 Å². The molecule has 0 aliphatic heterocycles. The van der Waals surface area contributed by atoms with Crippen molar-refractivity contribution in [2.45, 2.75) is 51.4 Å². The number of phenolic OH excluding ortho intramolecular Hbond substituents is 1. The van der Waals surface area contributed by atoms with Gasteiger partial charge in [-0.25, -0.2) is 0 Å². The van der Waals surface area contributed by atoms with Crippen LogP contribution in [0.3, 0.4) is 0 Å². The van der Waals surface area contributed by atoms with Gasteiger partial charge in [-0.1, -0.05) is 5.16 Å². The molecule has 0 saturated carbocycles. The van der Waals surface area contributed by atoms with Crippen molar-refractivity contribution in [2.75, 3.05) is 14.1 Å². The van der Waals surface area contributed by atoms with Crippen LogP contribution < -0.4 is 5.73 Å². The number of likely N-dealkylation sites (N-methyl/N-ethyl adjacent to an activating group) is 1. The van der Waals surface area contributed by atoms with Crippen LogP contribution in [0.5, 0.6) is 5.75 Å². The van der Waals surface area contributed by atoms with E-state index in [1.165, 1.54) is 11.0 Å². The number of aromatic hydroxyl groups is 1. The number of aliphatic hydroxyl groups excluding tert-OH is 2. The molecule has 0 fully saturated rings. The number of carbonyl (C=O) groups excluding carboxylic acids is 3. The average molecular weight is 514 g/mol. The van der Waals surface area contributed by atoms with Crippen LogP contribution >= 0.6 is 0 Å². The van der Waals surface area contributed by atoms with E-state index in [0.717, 1.165) is 0 Å². The number of carbonyl (C=O) groups is 3. The molecule has 11 nitrogen and oxygen atoms in total. The minimum Gasteiger partial charge on any atom is -0.510 e. The number of fused-ring (bicyclic) bond motifs is 3. The summed E-state index contributed by atoms with van der Waals surface area (Å²) in [6, 6.07) is 1.91. The van der Waals surface area contributed by atoms with Crippen molar-refractivity contribution in [1.29, 1.82) is 0 Å². The first kappa shape index (κ1) is 26.4. The number of ketones is 2. The van der Waals surface area contributed by atoms with E-state index in [1.54, 1.807) is 27.1 Å². The monoisotopic (exact) mass is 513 g/mol. The van der Waals surface area contributed by atoms with Gasteiger partial charge in [0.05, 0.1) is 17.3 Å². The number of nitrogens with zero attached hydrogens (tertiary/aromatic N) is 2. The lowest BCUT2D eigenvalue weighted by Gasteiger charge is -2.50. The van der Waals surface area contributed by atoms with Crippen molar-refractivity contribution in [1.82, 2.24) is 4.90 Å². The number of aliphatic hydroxyl groups is 3. The lowest BCUT2D eigenvalue weighted by molar-refractivity contribution is -0.148. The van der Waals surface area contributed by atoms with E-state index in [9.17, 15) is 34.8 Å². The van der Waals surface area contributed by atoms with Crippen molar-refractivity contribution >= 4 is 23.2 Å². The highest BCUT2D eigenvalue weighted by molar-refractivity contribution is 6.25. The molecular weight excluding hydrogens is 482 g/mol. The van der Waals surface area contributed by atoms with Gasteiger partial charge in [0.2, 0.25) is 5.78 Å². The number of primary amides is 1. The van der Waals surface area contributed by atoms with Gasteiger partial charge in [0.15, 0.2) is 11.4 Å². The number of phenols is 1. The van der Waals surface area contributed by atoms with Gasteiger partial charge < -0.3 is 31.0 Å². The summed E-state index contributed by atoms with van der Waals surface area (Å²) < 4.78 is 0. The largest absolute Gasteiger partial charge is 0.510 e. The Morgan fingerprint density at radius 3 is 2.43 bits per heavy atom. The van der Waals surface area contributed by atoms with Crippen LogP contribution in [-0.2, 0) is 20.8 Å². The Morgan fingerprint density at radius 1 is 1.22 bits per heavy atom. The molecule has 0 saturated heterocycles. The minimum atomic E-state index is -2.67. The van der Waals surface area contributed by atoms with Gasteiger partial charge in [0.1, 0.15) is 28.9 Å². The molecule has 11 heteroatoms. The molecule has 37 heavy (non-hydrogen) atoms. The standard InChI is InChI=1S/C26H31N3O8/c1-10(2)37-28-11(3)13-6-7-16(30)18-14(13)8-12-9-15-20(29(4)5)22(32)19(25(27)35)24(34)26(15,36)23(33)17(12)21(18)31/h6-7,10,12,15,20,30,32-33,36H,8-9H2,1-5H3,(H2,27,35)/b28-11-/t12-,15-,20-,26+/m0/s1. The number of hydrogen-bond donors (Lipinski definition) is 5. The highest BCUT2D eigenvalue weighted by Crippen LogP contribution is 2.52. The van der Waals surface area contributed by atoms with Crippen molar-refractivity contribution in [3.63, 3.8) is 0 Å². The number of Topliss-reactive ketones (excluding diaryl/α,β-unsaturated/α-hetero) is 2. The topological polar surface area (TPSA) is 183 Å². The zero-order chi connectivity index (χ0) is 27.6. The first-order valence-corrected chi connectivity index (χ1v) is 11.9. The number of rotatable bonds is 5. The first-order chi connectivity index (χ1) is 17.2. The van der Waals surface area contributed by atoms with Crippen LogP contribution in [0.4, 0.5) is 0 Å². The summed E-state index contributed by atoms with van der Waals surface area (Å²) in [6.45, 7) is 5.34. The highest BCUT2D eigenvalue weighted by atomic mass is 16.6. The Bertz CT molecular complexity index is 1310. The SMILES string of the molecule is C/C(=N/OC(C)C)c1ccc(O)c2c1C[C@H]1C[C@H]3[C@H](N(C)C)C(O)=C(C(N)=O)C(=O)[C@]3(O)C(O)=C1C2=O. The van der Waals surface area contributed by atoms with Gasteiger partial charge in [-0.2, -0.15) is 0 Å². The van der Waals surface area contributed by atoms with E-state index in [0.29, 0.717) is 16.8 Å². The summed E-state index contributed by atoms with van der Waals surface area (Å²) in [6.07, 6.45) is 0.0108. The third kappa shape index (κ3) is 3.80. The molecule has 3 aliphatic carbocycles. The number of hydrogen-bond acceptors (Lipinski definition) is 10. The predicted molar refractivity (Wildman–Crippen MR) is 132 cm³/mol. The maximum absolute atomic E-state index is 13.7. The molecule has 4 atom stereocenters. The van der Waals surface area contributed by atoms with Crippen molar-refractivity contribution in [2.24, 2.45) is 22.7 Å². The second kappa shape index (κ2) is 9.00. The summed E-state index contributed by atoms with van der Waals surface area (Å²) in [4.78, 5) is 45.9. The molecule has 1 aromatic rings. The molecule has 0 unspecified atom stereocenters. The lowest BCUT2D eigenvalue weighted by Crippen LogP contribution is -2.63. The molecule has 0 spiro atoms. The molecule has 3 aliphatic rings. The van der Waals surface area contributed by atoms with E-state index in [1.807, 2.05) is 13.8 Å². The summed E-state index contributed by atoms with van der Waals surface area (Å²) in [7, 11) is 3.16. The number of oxime groups is 1. The molecule has 0 heterocycles. The number of benzene rings is 1. The van der Waals surface area contributed by atoms with Crippen molar-refractivity contribution in [3.05, 3.63) is 51.5 Å². The average Bonchev–Trinajstić information content (AvgIpc) is 2.79. The zero-order valence-electron chi connectivity index (χ0n) is 21.3. The summed E-state index contributed by atoms with van der Waals surface area (Å²) >= 11 is 0. The summed E-state index contributed by atoms with van der Waals surface area (Å²) in [5.41, 5.74) is 3.10. The Kier molecular flexibility index (Phi) is 6.41. The normalized spacial score (nSPS) is 27.9. The molecule has 1 amide bonds. The number of nitrogens with two attached hydrogens (primary N) is 1. The van der Waals surface area contributed by atoms with Crippen molar-refractivity contribution < 1.29 is 39.6 Å². The van der Waals surface area contributed by atoms with Crippen molar-refractivity contribution in [3.8, 4) is 5.75 Å². The fourth-order valence-corrected chi connectivity index (χ4v) is 5.82. The van der Waals surface area contributed by atoms with Gasteiger partial charge in [0, 0.05) is 17.1 Å². The maximum Gasteiger partial charge on any atom is 0.255 e. The maximum atomic E-state index is 13.7. The van der Waals surface area contributed by atoms with Crippen LogP contribution in [0.25, 0.3) is 0 Å². The predicted octanol–water partition coefficient (Wildman–Crippen LogP) is 1.27. The van der Waals surface area contributed by atoms with E-state index >= 15 is 0 Å². The Morgan fingerprint density at radius 2 is 1.86 bits per heavy atom. The van der Waals surface area contributed by atoms with Crippen LogP contribution in [-0.4, -0.2) is 80.4 Å². The van der Waals surface area contributed by atoms with Crippen LogP contribution in [0.1, 0.15) is 48.7 Å². The van der Waals surface area contributed by atoms with Gasteiger partial charge >= 0.3 is 0 Å². The zero-order valence-corrected chi connectivity index (χ0v) is 21.3. The second-order valence-corrected chi connectivity index (χ2v) is 10.3. The third-order valence-corrected chi connectivity index (χ3v) is 7.40. The van der Waals surface area contributed by atoms with E-state index in [4.69, 9.17) is 10.6 Å². The Balaban J connectivity index is 1.92. The highest BCUT2D eigenvalue weighted by Gasteiger charge is 2.63. The molecular formula is C26H31N3O8. The number of allylic oxidation sites excluding steroid dienone is 1. The molecule has 4 rings (SSSR count). The second-order valence-electron chi connectivity index (χ2n) is 10.3. The van der Waals surface area contributed by atoms with Gasteiger partial charge in [-0.15, -0.1) is 0 Å². The quantitative estimate of drug-likeness (QED) is 0.220. The first-order valence-electron chi connectivity index (χ1n) is 11.9. The van der Waals surface area contributed by atoms with E-state index in [2.05, 4.69) is 5.16 Å². The Labute approximate surface area is 213 Å². The summed E-state index contributed by atoms with van der Waals surface area (Å²) in [5.74, 6) is -6.86.